The summed E-state index contributed by atoms with van der Waals surface area (Å²) < 4.78 is 40.0. The Kier molecular flexibility index (Phi) is 3.19. The summed E-state index contributed by atoms with van der Waals surface area (Å²) in [6, 6.07) is 1.58. The number of rotatable bonds is 1. The third-order valence-corrected chi connectivity index (χ3v) is 2.34. The molecule has 15 heavy (non-hydrogen) atoms. The van der Waals surface area contributed by atoms with Gasteiger partial charge in [0.05, 0.1) is 0 Å². The lowest BCUT2D eigenvalue weighted by Crippen LogP contribution is -2.18. The first-order valence-corrected chi connectivity index (χ1v) is 4.45. The number of alkyl halides is 3. The molecule has 0 saturated heterocycles. The first kappa shape index (κ1) is 11.8. The van der Waals surface area contributed by atoms with Gasteiger partial charge >= 0.3 is 6.36 Å². The quantitative estimate of drug-likeness (QED) is 0.743. The molecule has 0 amide bonds. The monoisotopic (exact) mass is 280 g/mol. The van der Waals surface area contributed by atoms with E-state index in [1.54, 1.807) is 6.07 Å². The molecular formula is C8H4BrF3N2O. The van der Waals surface area contributed by atoms with Crippen LogP contribution in [-0.4, -0.2) is 11.3 Å². The molecule has 0 radical (unpaired) electrons. The Bertz CT molecular complexity index is 425. The molecule has 0 aliphatic heterocycles. The van der Waals surface area contributed by atoms with E-state index in [0.29, 0.717) is 0 Å². The summed E-state index contributed by atoms with van der Waals surface area (Å²) in [4.78, 5) is 3.69. The van der Waals surface area contributed by atoms with Gasteiger partial charge in [-0.25, -0.2) is 4.98 Å². The molecule has 0 atom stereocenters. The highest BCUT2D eigenvalue weighted by atomic mass is 79.9. The maximum atomic E-state index is 12.0. The summed E-state index contributed by atoms with van der Waals surface area (Å²) in [6.07, 6.45) is -3.81. The van der Waals surface area contributed by atoms with Crippen molar-refractivity contribution in [3.05, 3.63) is 21.9 Å². The van der Waals surface area contributed by atoms with Crippen molar-refractivity contribution in [2.75, 3.05) is 0 Å². The van der Waals surface area contributed by atoms with Gasteiger partial charge in [0.25, 0.3) is 0 Å². The second kappa shape index (κ2) is 4.06. The molecule has 0 saturated carbocycles. The van der Waals surface area contributed by atoms with Gasteiger partial charge in [0.1, 0.15) is 16.2 Å². The number of pyridine rings is 1. The second-order valence-corrected chi connectivity index (χ2v) is 3.33. The Labute approximate surface area is 91.6 Å². The fourth-order valence-electron chi connectivity index (χ4n) is 0.899. The Morgan fingerprint density at radius 2 is 2.13 bits per heavy atom. The molecule has 0 aliphatic rings. The van der Waals surface area contributed by atoms with Crippen molar-refractivity contribution >= 4 is 15.9 Å². The molecule has 0 unspecified atom stereocenters. The summed E-state index contributed by atoms with van der Waals surface area (Å²) in [7, 11) is 0. The van der Waals surface area contributed by atoms with Crippen molar-refractivity contribution < 1.29 is 17.9 Å². The summed E-state index contributed by atoms with van der Waals surface area (Å²) in [5.74, 6) is -0.521. The minimum absolute atomic E-state index is 0.131. The van der Waals surface area contributed by atoms with Crippen molar-refractivity contribution in [2.45, 2.75) is 13.3 Å². The highest BCUT2D eigenvalue weighted by Crippen LogP contribution is 2.32. The Hall–Kier alpha value is -1.29. The van der Waals surface area contributed by atoms with Crippen molar-refractivity contribution in [1.29, 1.82) is 5.26 Å². The van der Waals surface area contributed by atoms with E-state index in [4.69, 9.17) is 5.26 Å². The van der Waals surface area contributed by atoms with Crippen LogP contribution in [0.15, 0.2) is 10.8 Å². The summed E-state index contributed by atoms with van der Waals surface area (Å²) in [6.45, 7) is 1.37. The molecule has 1 rings (SSSR count). The number of nitriles is 1. The van der Waals surface area contributed by atoms with Crippen LogP contribution in [-0.2, 0) is 0 Å². The van der Waals surface area contributed by atoms with Crippen LogP contribution in [0.1, 0.15) is 11.1 Å². The molecule has 0 bridgehead atoms. The van der Waals surface area contributed by atoms with Crippen LogP contribution in [0.3, 0.4) is 0 Å². The van der Waals surface area contributed by atoms with Crippen LogP contribution >= 0.6 is 15.9 Å². The average Bonchev–Trinajstić information content (AvgIpc) is 2.11. The van der Waals surface area contributed by atoms with Gasteiger partial charge in [0.2, 0.25) is 0 Å². The van der Waals surface area contributed by atoms with Gasteiger partial charge < -0.3 is 4.74 Å². The first-order chi connectivity index (χ1) is 6.85. The fraction of sp³-hybridized carbons (Fsp3) is 0.250. The summed E-state index contributed by atoms with van der Waals surface area (Å²) >= 11 is 2.95. The number of ether oxygens (including phenoxy) is 1. The Morgan fingerprint density at radius 1 is 1.53 bits per heavy atom. The number of nitrogens with zero attached hydrogens (tertiary/aromatic N) is 2. The molecule has 80 valence electrons. The first-order valence-electron chi connectivity index (χ1n) is 3.66. The van der Waals surface area contributed by atoms with E-state index in [1.165, 1.54) is 6.92 Å². The fourth-order valence-corrected chi connectivity index (χ4v) is 1.18. The normalized spacial score (nSPS) is 10.9. The molecular weight excluding hydrogens is 277 g/mol. The Morgan fingerprint density at radius 3 is 2.60 bits per heavy atom. The smallest absolute Gasteiger partial charge is 0.404 e. The van der Waals surface area contributed by atoms with Gasteiger partial charge in [-0.2, -0.15) is 5.26 Å². The van der Waals surface area contributed by atoms with E-state index in [2.05, 4.69) is 25.7 Å². The van der Waals surface area contributed by atoms with E-state index < -0.39 is 12.1 Å². The molecule has 1 aromatic heterocycles. The third-order valence-electron chi connectivity index (χ3n) is 1.54. The van der Waals surface area contributed by atoms with Crippen molar-refractivity contribution in [1.82, 2.24) is 4.98 Å². The van der Waals surface area contributed by atoms with Crippen LogP contribution in [0.25, 0.3) is 0 Å². The number of halogens is 4. The van der Waals surface area contributed by atoms with Gasteiger partial charge in [-0.05, 0) is 22.9 Å². The number of hydrogen-bond donors (Lipinski definition) is 0. The minimum atomic E-state index is -4.82. The predicted molar refractivity (Wildman–Crippen MR) is 48.1 cm³/mol. The molecule has 1 aromatic rings. The lowest BCUT2D eigenvalue weighted by atomic mass is 10.2. The van der Waals surface area contributed by atoms with Gasteiger partial charge in [-0.3, -0.25) is 0 Å². The van der Waals surface area contributed by atoms with E-state index in [-0.39, 0.29) is 15.7 Å². The minimum Gasteiger partial charge on any atom is -0.404 e. The zero-order chi connectivity index (χ0) is 11.6. The molecule has 7 heteroatoms. The van der Waals surface area contributed by atoms with Gasteiger partial charge in [-0.1, -0.05) is 0 Å². The predicted octanol–water partition coefficient (Wildman–Crippen LogP) is 2.92. The van der Waals surface area contributed by atoms with Gasteiger partial charge in [0, 0.05) is 11.8 Å². The topological polar surface area (TPSA) is 45.9 Å². The van der Waals surface area contributed by atoms with Crippen LogP contribution in [0.5, 0.6) is 5.75 Å². The zero-order valence-electron chi connectivity index (χ0n) is 7.39. The largest absolute Gasteiger partial charge is 0.573 e. The lowest BCUT2D eigenvalue weighted by molar-refractivity contribution is -0.275. The number of hydrogen-bond acceptors (Lipinski definition) is 3. The van der Waals surface area contributed by atoms with Gasteiger partial charge in [0.15, 0.2) is 5.75 Å². The van der Waals surface area contributed by atoms with Crippen molar-refractivity contribution in [2.24, 2.45) is 0 Å². The summed E-state index contributed by atoms with van der Waals surface area (Å²) in [5, 5.41) is 8.58. The molecule has 0 N–H and O–H groups in total. The highest BCUT2D eigenvalue weighted by Gasteiger charge is 2.33. The maximum Gasteiger partial charge on any atom is 0.573 e. The highest BCUT2D eigenvalue weighted by molar-refractivity contribution is 9.10. The molecule has 3 nitrogen and oxygen atoms in total. The second-order valence-electron chi connectivity index (χ2n) is 2.58. The van der Waals surface area contributed by atoms with Crippen LogP contribution in [0, 0.1) is 18.3 Å². The summed E-state index contributed by atoms with van der Waals surface area (Å²) in [5.41, 5.74) is -0.126. The van der Waals surface area contributed by atoms with E-state index in [9.17, 15) is 13.2 Å². The zero-order valence-corrected chi connectivity index (χ0v) is 8.98. The number of aromatic nitrogens is 1. The third kappa shape index (κ3) is 2.83. The lowest BCUT2D eigenvalue weighted by Gasteiger charge is -2.12. The van der Waals surface area contributed by atoms with Crippen LogP contribution < -0.4 is 4.74 Å². The maximum absolute atomic E-state index is 12.0. The molecule has 0 aromatic carbocycles. The van der Waals surface area contributed by atoms with E-state index >= 15 is 0 Å². The van der Waals surface area contributed by atoms with Crippen molar-refractivity contribution in [3.8, 4) is 11.8 Å². The average molecular weight is 281 g/mol. The van der Waals surface area contributed by atoms with Crippen LogP contribution in [0.2, 0.25) is 0 Å². The standard InChI is InChI=1S/C8H4BrF3N2O/c1-4-6(15-8(10,11)12)5(2-13)3-14-7(4)9/h3H,1H3. The molecule has 0 aliphatic carbocycles. The SMILES string of the molecule is Cc1c(Br)ncc(C#N)c1OC(F)(F)F. The van der Waals surface area contributed by atoms with E-state index in [1.807, 2.05) is 0 Å². The molecule has 0 spiro atoms. The molecule has 0 fully saturated rings. The molecule has 1 heterocycles. The Balaban J connectivity index is 3.26. The van der Waals surface area contributed by atoms with E-state index in [0.717, 1.165) is 6.20 Å². The van der Waals surface area contributed by atoms with Crippen molar-refractivity contribution in [3.63, 3.8) is 0 Å². The van der Waals surface area contributed by atoms with Crippen LogP contribution in [0.4, 0.5) is 13.2 Å². The van der Waals surface area contributed by atoms with Gasteiger partial charge in [-0.15, -0.1) is 13.2 Å².